The van der Waals surface area contributed by atoms with E-state index >= 15 is 0 Å². The van der Waals surface area contributed by atoms with Crippen LogP contribution in [0.15, 0.2) is 0 Å². The first-order chi connectivity index (χ1) is 7.69. The van der Waals surface area contributed by atoms with Crippen molar-refractivity contribution in [3.8, 4) is 6.07 Å². The molecule has 1 aliphatic rings. The molecule has 1 aliphatic heterocycles. The molecule has 0 bridgehead atoms. The maximum atomic E-state index is 11.7. The minimum Gasteiger partial charge on any atom is -0.376 e. The molecule has 0 aromatic heterocycles. The van der Waals surface area contributed by atoms with Gasteiger partial charge < -0.3 is 10.1 Å². The van der Waals surface area contributed by atoms with E-state index in [9.17, 15) is 4.79 Å². The Labute approximate surface area is 97.0 Å². The Morgan fingerprint density at radius 3 is 2.94 bits per heavy atom. The molecule has 0 aromatic carbocycles. The number of nitrogens with zero attached hydrogens (tertiary/aromatic N) is 1. The Bertz CT molecular complexity index is 267. The number of carbonyl (C=O) groups is 1. The van der Waals surface area contributed by atoms with Crippen LogP contribution in [0.3, 0.4) is 0 Å². The van der Waals surface area contributed by atoms with Crippen molar-refractivity contribution >= 4 is 5.91 Å². The van der Waals surface area contributed by atoms with Gasteiger partial charge in [-0.3, -0.25) is 4.79 Å². The average molecular weight is 224 g/mol. The summed E-state index contributed by atoms with van der Waals surface area (Å²) in [5.74, 6) is -0.679. The van der Waals surface area contributed by atoms with Crippen LogP contribution in [0.1, 0.15) is 39.5 Å². The third-order valence-corrected chi connectivity index (χ3v) is 2.94. The number of ether oxygens (including phenoxy) is 1. The van der Waals surface area contributed by atoms with Gasteiger partial charge in [0.05, 0.1) is 18.2 Å². The molecular formula is C12H20N2O2. The number of carbonyl (C=O) groups excluding carboxylic acids is 1. The minimum atomic E-state index is -0.520. The van der Waals surface area contributed by atoms with Crippen LogP contribution < -0.4 is 5.32 Å². The lowest BCUT2D eigenvalue weighted by Crippen LogP contribution is -2.43. The summed E-state index contributed by atoms with van der Waals surface area (Å²) in [6, 6.07) is 2.05. The topological polar surface area (TPSA) is 62.1 Å². The maximum Gasteiger partial charge on any atom is 0.237 e. The first-order valence-electron chi connectivity index (χ1n) is 6.00. The third kappa shape index (κ3) is 3.49. The zero-order chi connectivity index (χ0) is 12.0. The summed E-state index contributed by atoms with van der Waals surface area (Å²) in [7, 11) is 0. The average Bonchev–Trinajstić information content (AvgIpc) is 2.78. The molecule has 0 aromatic rings. The second-order valence-electron chi connectivity index (χ2n) is 4.32. The highest BCUT2D eigenvalue weighted by atomic mass is 16.5. The van der Waals surface area contributed by atoms with E-state index in [1.54, 1.807) is 0 Å². The standard InChI is InChI=1S/C12H20N2O2/c1-3-5-10(8-13)12(15)14-9(2)11-6-4-7-16-11/h9-11H,3-7H2,1-2H3,(H,14,15). The number of nitriles is 1. The number of nitrogens with one attached hydrogen (secondary N) is 1. The fraction of sp³-hybridized carbons (Fsp3) is 0.833. The lowest BCUT2D eigenvalue weighted by molar-refractivity contribution is -0.125. The molecule has 4 heteroatoms. The Balaban J connectivity index is 2.40. The van der Waals surface area contributed by atoms with Gasteiger partial charge in [0.25, 0.3) is 0 Å². The summed E-state index contributed by atoms with van der Waals surface area (Å²) >= 11 is 0. The molecule has 1 saturated heterocycles. The van der Waals surface area contributed by atoms with Gasteiger partial charge in [0.15, 0.2) is 0 Å². The molecular weight excluding hydrogens is 204 g/mol. The second-order valence-corrected chi connectivity index (χ2v) is 4.32. The van der Waals surface area contributed by atoms with Gasteiger partial charge in [-0.1, -0.05) is 13.3 Å². The maximum absolute atomic E-state index is 11.7. The van der Waals surface area contributed by atoms with E-state index < -0.39 is 5.92 Å². The summed E-state index contributed by atoms with van der Waals surface area (Å²) in [6.45, 7) is 4.69. The van der Waals surface area contributed by atoms with Gasteiger partial charge >= 0.3 is 0 Å². The first kappa shape index (κ1) is 13.0. The second kappa shape index (κ2) is 6.49. The van der Waals surface area contributed by atoms with Crippen molar-refractivity contribution in [1.82, 2.24) is 5.32 Å². The summed E-state index contributed by atoms with van der Waals surface area (Å²) < 4.78 is 5.49. The summed E-state index contributed by atoms with van der Waals surface area (Å²) in [4.78, 5) is 11.7. The minimum absolute atomic E-state index is 0.00251. The molecule has 1 rings (SSSR count). The van der Waals surface area contributed by atoms with Gasteiger partial charge in [-0.2, -0.15) is 5.26 Å². The molecule has 1 amide bonds. The molecule has 0 aliphatic carbocycles. The van der Waals surface area contributed by atoms with Crippen molar-refractivity contribution in [2.75, 3.05) is 6.61 Å². The first-order valence-corrected chi connectivity index (χ1v) is 6.00. The number of hydrogen-bond donors (Lipinski definition) is 1. The van der Waals surface area contributed by atoms with E-state index in [0.717, 1.165) is 25.9 Å². The van der Waals surface area contributed by atoms with Crippen molar-refractivity contribution in [2.45, 2.75) is 51.7 Å². The lowest BCUT2D eigenvalue weighted by atomic mass is 10.0. The van der Waals surface area contributed by atoms with Crippen LogP contribution in [0.5, 0.6) is 0 Å². The lowest BCUT2D eigenvalue weighted by Gasteiger charge is -2.21. The van der Waals surface area contributed by atoms with Crippen molar-refractivity contribution in [2.24, 2.45) is 5.92 Å². The summed E-state index contributed by atoms with van der Waals surface area (Å²) in [5.41, 5.74) is 0. The van der Waals surface area contributed by atoms with Crippen molar-refractivity contribution in [3.63, 3.8) is 0 Å². The fourth-order valence-electron chi connectivity index (χ4n) is 1.96. The zero-order valence-corrected chi connectivity index (χ0v) is 10.0. The smallest absolute Gasteiger partial charge is 0.237 e. The summed E-state index contributed by atoms with van der Waals surface area (Å²) in [5, 5.41) is 11.7. The third-order valence-electron chi connectivity index (χ3n) is 2.94. The van der Waals surface area contributed by atoms with E-state index in [4.69, 9.17) is 10.00 Å². The van der Waals surface area contributed by atoms with E-state index in [1.165, 1.54) is 0 Å². The van der Waals surface area contributed by atoms with E-state index in [0.29, 0.717) is 6.42 Å². The van der Waals surface area contributed by atoms with Crippen LogP contribution >= 0.6 is 0 Å². The molecule has 0 spiro atoms. The Hall–Kier alpha value is -1.08. The SMILES string of the molecule is CCCC(C#N)C(=O)NC(C)C1CCCO1. The molecule has 1 heterocycles. The Morgan fingerprint density at radius 1 is 1.69 bits per heavy atom. The van der Waals surface area contributed by atoms with Gasteiger partial charge in [0, 0.05) is 6.61 Å². The number of rotatable bonds is 5. The van der Waals surface area contributed by atoms with Gasteiger partial charge in [0.2, 0.25) is 5.91 Å². The van der Waals surface area contributed by atoms with E-state index in [1.807, 2.05) is 19.9 Å². The largest absolute Gasteiger partial charge is 0.376 e. The van der Waals surface area contributed by atoms with Crippen LogP contribution in [-0.4, -0.2) is 24.7 Å². The van der Waals surface area contributed by atoms with E-state index in [2.05, 4.69) is 5.32 Å². The van der Waals surface area contributed by atoms with Crippen LogP contribution in [-0.2, 0) is 9.53 Å². The molecule has 3 unspecified atom stereocenters. The molecule has 1 N–H and O–H groups in total. The number of amides is 1. The van der Waals surface area contributed by atoms with Crippen LogP contribution in [0.4, 0.5) is 0 Å². The van der Waals surface area contributed by atoms with Crippen LogP contribution in [0.25, 0.3) is 0 Å². The molecule has 1 fully saturated rings. The fourth-order valence-corrected chi connectivity index (χ4v) is 1.96. The highest BCUT2D eigenvalue weighted by molar-refractivity contribution is 5.81. The molecule has 90 valence electrons. The Kier molecular flexibility index (Phi) is 5.27. The Morgan fingerprint density at radius 2 is 2.44 bits per heavy atom. The van der Waals surface area contributed by atoms with Crippen molar-refractivity contribution in [3.05, 3.63) is 0 Å². The predicted octanol–water partition coefficient (Wildman–Crippen LogP) is 1.61. The van der Waals surface area contributed by atoms with Crippen molar-refractivity contribution in [1.29, 1.82) is 5.26 Å². The molecule has 0 saturated carbocycles. The molecule has 0 radical (unpaired) electrons. The molecule has 4 nitrogen and oxygen atoms in total. The summed E-state index contributed by atoms with van der Waals surface area (Å²) in [6.07, 6.45) is 3.64. The van der Waals surface area contributed by atoms with Gasteiger partial charge in [-0.15, -0.1) is 0 Å². The zero-order valence-electron chi connectivity index (χ0n) is 10.0. The van der Waals surface area contributed by atoms with Crippen LogP contribution in [0, 0.1) is 17.2 Å². The molecule has 16 heavy (non-hydrogen) atoms. The van der Waals surface area contributed by atoms with E-state index in [-0.39, 0.29) is 18.1 Å². The molecule has 3 atom stereocenters. The predicted molar refractivity (Wildman–Crippen MR) is 60.6 cm³/mol. The highest BCUT2D eigenvalue weighted by Crippen LogP contribution is 2.16. The van der Waals surface area contributed by atoms with Crippen molar-refractivity contribution < 1.29 is 9.53 Å². The highest BCUT2D eigenvalue weighted by Gasteiger charge is 2.26. The van der Waals surface area contributed by atoms with Gasteiger partial charge in [0.1, 0.15) is 5.92 Å². The number of hydrogen-bond acceptors (Lipinski definition) is 3. The van der Waals surface area contributed by atoms with Gasteiger partial charge in [-0.05, 0) is 26.2 Å². The monoisotopic (exact) mass is 224 g/mol. The van der Waals surface area contributed by atoms with Crippen LogP contribution in [0.2, 0.25) is 0 Å². The normalized spacial score (nSPS) is 23.4. The van der Waals surface area contributed by atoms with Gasteiger partial charge in [-0.25, -0.2) is 0 Å². The quantitative estimate of drug-likeness (QED) is 0.771.